The molecule has 2 N–H and O–H groups in total. The summed E-state index contributed by atoms with van der Waals surface area (Å²) in [5, 5.41) is 13.6. The number of rotatable bonds is 8. The number of halogens is 1. The highest BCUT2D eigenvalue weighted by Crippen LogP contribution is 2.15. The molecule has 0 saturated heterocycles. The lowest BCUT2D eigenvalue weighted by Crippen LogP contribution is -2.37. The Balaban J connectivity index is 2.26. The Bertz CT molecular complexity index is 400. The molecule has 1 rings (SSSR count). The number of benzene rings is 1. The van der Waals surface area contributed by atoms with Gasteiger partial charge in [-0.1, -0.05) is 30.9 Å². The molecule has 0 fully saturated rings. The highest BCUT2D eigenvalue weighted by molar-refractivity contribution is 6.30. The fourth-order valence-electron chi connectivity index (χ4n) is 1.59. The summed E-state index contributed by atoms with van der Waals surface area (Å²) in [5.74, 6) is 3.35. The zero-order valence-electron chi connectivity index (χ0n) is 11.1. The monoisotopic (exact) mass is 281 g/mol. The molecule has 0 saturated carbocycles. The molecule has 2 atom stereocenters. The second-order valence-corrected chi connectivity index (χ2v) is 4.77. The van der Waals surface area contributed by atoms with Crippen LogP contribution in [-0.2, 0) is 0 Å². The van der Waals surface area contributed by atoms with Gasteiger partial charge < -0.3 is 15.2 Å². The van der Waals surface area contributed by atoms with Crippen molar-refractivity contribution < 1.29 is 9.84 Å². The molecule has 0 aromatic heterocycles. The molecule has 0 aliphatic rings. The van der Waals surface area contributed by atoms with Crippen molar-refractivity contribution in [3.8, 4) is 18.1 Å². The van der Waals surface area contributed by atoms with Crippen molar-refractivity contribution in [2.45, 2.75) is 31.9 Å². The summed E-state index contributed by atoms with van der Waals surface area (Å²) in [5.41, 5.74) is 0. The lowest BCUT2D eigenvalue weighted by Gasteiger charge is -2.16. The first kappa shape index (κ1) is 15.8. The van der Waals surface area contributed by atoms with Gasteiger partial charge in [-0.3, -0.25) is 0 Å². The van der Waals surface area contributed by atoms with Gasteiger partial charge in [-0.2, -0.15) is 0 Å². The highest BCUT2D eigenvalue weighted by Gasteiger charge is 2.08. The standard InChI is InChI=1S/C15H20ClNO2/c1-3-5-13(4-2)17-10-14(18)11-19-15-8-6-12(16)7-9-15/h2,6-9,13-14,17-18H,3,5,10-11H2,1H3. The van der Waals surface area contributed by atoms with E-state index in [2.05, 4.69) is 18.2 Å². The van der Waals surface area contributed by atoms with E-state index in [-0.39, 0.29) is 12.6 Å². The van der Waals surface area contributed by atoms with Crippen LogP contribution in [0.1, 0.15) is 19.8 Å². The molecule has 0 radical (unpaired) electrons. The quantitative estimate of drug-likeness (QED) is 0.719. The first-order chi connectivity index (χ1) is 9.15. The first-order valence-electron chi connectivity index (χ1n) is 6.41. The molecule has 4 heteroatoms. The highest BCUT2D eigenvalue weighted by atomic mass is 35.5. The maximum Gasteiger partial charge on any atom is 0.119 e. The molecule has 19 heavy (non-hydrogen) atoms. The molecule has 0 bridgehead atoms. The smallest absolute Gasteiger partial charge is 0.119 e. The van der Waals surface area contributed by atoms with Crippen LogP contribution in [0.5, 0.6) is 5.75 Å². The predicted octanol–water partition coefficient (Wildman–Crippen LogP) is 2.47. The van der Waals surface area contributed by atoms with Crippen LogP contribution in [0.2, 0.25) is 5.02 Å². The van der Waals surface area contributed by atoms with Gasteiger partial charge in [0.1, 0.15) is 18.5 Å². The van der Waals surface area contributed by atoms with Gasteiger partial charge in [0.15, 0.2) is 0 Å². The summed E-state index contributed by atoms with van der Waals surface area (Å²) in [7, 11) is 0. The fourth-order valence-corrected chi connectivity index (χ4v) is 1.72. The number of aliphatic hydroxyl groups is 1. The summed E-state index contributed by atoms with van der Waals surface area (Å²) >= 11 is 5.77. The van der Waals surface area contributed by atoms with E-state index in [1.807, 2.05) is 0 Å². The average molecular weight is 282 g/mol. The molecule has 0 spiro atoms. The van der Waals surface area contributed by atoms with Crippen LogP contribution in [0, 0.1) is 12.3 Å². The normalized spacial score (nSPS) is 13.6. The number of hydrogen-bond acceptors (Lipinski definition) is 3. The SMILES string of the molecule is C#CC(CCC)NCC(O)COc1ccc(Cl)cc1. The zero-order chi connectivity index (χ0) is 14.1. The maximum absolute atomic E-state index is 9.80. The van der Waals surface area contributed by atoms with E-state index in [4.69, 9.17) is 22.8 Å². The summed E-state index contributed by atoms with van der Waals surface area (Å²) in [6.45, 7) is 2.71. The topological polar surface area (TPSA) is 41.5 Å². The maximum atomic E-state index is 9.80. The third kappa shape index (κ3) is 6.49. The lowest BCUT2D eigenvalue weighted by atomic mass is 10.2. The minimum Gasteiger partial charge on any atom is -0.491 e. The minimum absolute atomic E-state index is 0.00943. The summed E-state index contributed by atoms with van der Waals surface area (Å²) < 4.78 is 5.45. The van der Waals surface area contributed by atoms with E-state index in [1.165, 1.54) is 0 Å². The van der Waals surface area contributed by atoms with E-state index < -0.39 is 6.10 Å². The average Bonchev–Trinajstić information content (AvgIpc) is 2.42. The van der Waals surface area contributed by atoms with Crippen LogP contribution in [0.4, 0.5) is 0 Å². The summed E-state index contributed by atoms with van der Waals surface area (Å²) in [4.78, 5) is 0. The van der Waals surface area contributed by atoms with Gasteiger partial charge in [0, 0.05) is 11.6 Å². The van der Waals surface area contributed by atoms with Gasteiger partial charge in [-0.25, -0.2) is 0 Å². The largest absolute Gasteiger partial charge is 0.491 e. The van der Waals surface area contributed by atoms with Crippen molar-refractivity contribution in [2.75, 3.05) is 13.2 Å². The Morgan fingerprint density at radius 3 is 2.68 bits per heavy atom. The number of aliphatic hydroxyl groups excluding tert-OH is 1. The molecular formula is C15H20ClNO2. The second kappa shape index (κ2) is 8.82. The third-order valence-corrected chi connectivity index (χ3v) is 2.89. The van der Waals surface area contributed by atoms with Gasteiger partial charge in [0.05, 0.1) is 6.04 Å². The molecule has 0 aliphatic heterocycles. The van der Waals surface area contributed by atoms with Gasteiger partial charge in [-0.15, -0.1) is 6.42 Å². The van der Waals surface area contributed by atoms with E-state index in [1.54, 1.807) is 24.3 Å². The minimum atomic E-state index is -0.594. The Labute approximate surface area is 119 Å². The van der Waals surface area contributed by atoms with E-state index in [0.29, 0.717) is 17.3 Å². The Morgan fingerprint density at radius 2 is 2.11 bits per heavy atom. The molecule has 0 amide bonds. The number of hydrogen-bond donors (Lipinski definition) is 2. The Morgan fingerprint density at radius 1 is 1.42 bits per heavy atom. The first-order valence-corrected chi connectivity index (χ1v) is 6.79. The van der Waals surface area contributed by atoms with Crippen molar-refractivity contribution in [2.24, 2.45) is 0 Å². The van der Waals surface area contributed by atoms with Crippen molar-refractivity contribution >= 4 is 11.6 Å². The van der Waals surface area contributed by atoms with Crippen molar-refractivity contribution in [1.29, 1.82) is 0 Å². The molecule has 2 unspecified atom stereocenters. The predicted molar refractivity (Wildman–Crippen MR) is 78.5 cm³/mol. The number of ether oxygens (including phenoxy) is 1. The van der Waals surface area contributed by atoms with Gasteiger partial charge >= 0.3 is 0 Å². The molecular weight excluding hydrogens is 262 g/mol. The van der Waals surface area contributed by atoms with E-state index in [9.17, 15) is 5.11 Å². The summed E-state index contributed by atoms with van der Waals surface area (Å²) in [6.07, 6.45) is 6.71. The lowest BCUT2D eigenvalue weighted by molar-refractivity contribution is 0.105. The molecule has 3 nitrogen and oxygen atoms in total. The van der Waals surface area contributed by atoms with Gasteiger partial charge in [-0.05, 0) is 30.7 Å². The molecule has 104 valence electrons. The van der Waals surface area contributed by atoms with Crippen LogP contribution in [0.3, 0.4) is 0 Å². The second-order valence-electron chi connectivity index (χ2n) is 4.33. The molecule has 0 heterocycles. The van der Waals surface area contributed by atoms with Crippen LogP contribution in [0.25, 0.3) is 0 Å². The number of nitrogens with one attached hydrogen (secondary N) is 1. The summed E-state index contributed by atoms with van der Waals surface area (Å²) in [6, 6.07) is 7.04. The van der Waals surface area contributed by atoms with Crippen molar-refractivity contribution in [3.05, 3.63) is 29.3 Å². The van der Waals surface area contributed by atoms with Crippen molar-refractivity contribution in [1.82, 2.24) is 5.32 Å². The Kier molecular flexibility index (Phi) is 7.35. The van der Waals surface area contributed by atoms with Crippen LogP contribution < -0.4 is 10.1 Å². The van der Waals surface area contributed by atoms with Crippen LogP contribution >= 0.6 is 11.6 Å². The molecule has 1 aromatic carbocycles. The van der Waals surface area contributed by atoms with E-state index in [0.717, 1.165) is 12.8 Å². The zero-order valence-corrected chi connectivity index (χ0v) is 11.9. The van der Waals surface area contributed by atoms with Crippen LogP contribution in [-0.4, -0.2) is 30.4 Å². The number of terminal acetylenes is 1. The van der Waals surface area contributed by atoms with Gasteiger partial charge in [0.2, 0.25) is 0 Å². The van der Waals surface area contributed by atoms with Gasteiger partial charge in [0.25, 0.3) is 0 Å². The van der Waals surface area contributed by atoms with Crippen LogP contribution in [0.15, 0.2) is 24.3 Å². The molecule has 0 aliphatic carbocycles. The fraction of sp³-hybridized carbons (Fsp3) is 0.467. The third-order valence-electron chi connectivity index (χ3n) is 2.63. The van der Waals surface area contributed by atoms with E-state index >= 15 is 0 Å². The van der Waals surface area contributed by atoms with Crippen molar-refractivity contribution in [3.63, 3.8) is 0 Å². The Hall–Kier alpha value is -1.21. The molecule has 1 aromatic rings.